The molecule has 0 aliphatic carbocycles. The Morgan fingerprint density at radius 3 is 2.40 bits per heavy atom. The van der Waals surface area contributed by atoms with Gasteiger partial charge in [0.15, 0.2) is 0 Å². The van der Waals surface area contributed by atoms with Crippen LogP contribution in [-0.4, -0.2) is 41.3 Å². The van der Waals surface area contributed by atoms with Gasteiger partial charge in [-0.15, -0.1) is 0 Å². The maximum absolute atomic E-state index is 12.5. The van der Waals surface area contributed by atoms with E-state index >= 15 is 0 Å². The predicted octanol–water partition coefficient (Wildman–Crippen LogP) is 1.74. The average molecular weight is 429 g/mol. The van der Waals surface area contributed by atoms with Crippen LogP contribution in [0.15, 0.2) is 64.4 Å². The number of aromatic nitrogens is 2. The Bertz CT molecular complexity index is 1200. The lowest BCUT2D eigenvalue weighted by molar-refractivity contribution is -0.121. The molecule has 0 aliphatic heterocycles. The molecule has 0 spiro atoms. The molecule has 0 saturated carbocycles. The molecule has 3 aromatic rings. The summed E-state index contributed by atoms with van der Waals surface area (Å²) in [6, 6.07) is 13.5. The summed E-state index contributed by atoms with van der Waals surface area (Å²) < 4.78 is 27.8. The molecule has 0 atom stereocenters. The van der Waals surface area contributed by atoms with E-state index < -0.39 is 10.0 Å². The smallest absolute Gasteiger partial charge is 0.269 e. The van der Waals surface area contributed by atoms with Gasteiger partial charge < -0.3 is 5.32 Å². The van der Waals surface area contributed by atoms with E-state index in [0.717, 1.165) is 5.56 Å². The summed E-state index contributed by atoms with van der Waals surface area (Å²) >= 11 is 0. The molecular weight excluding hydrogens is 404 g/mol. The summed E-state index contributed by atoms with van der Waals surface area (Å²) in [7, 11) is -3.51. The molecule has 1 heterocycles. The van der Waals surface area contributed by atoms with Crippen molar-refractivity contribution in [2.24, 2.45) is 0 Å². The molecule has 1 aromatic heterocycles. The van der Waals surface area contributed by atoms with E-state index in [1.165, 1.54) is 27.2 Å². The van der Waals surface area contributed by atoms with Crippen molar-refractivity contribution in [2.45, 2.75) is 31.8 Å². The number of carbonyl (C=O) groups is 1. The highest BCUT2D eigenvalue weighted by atomic mass is 32.2. The van der Waals surface area contributed by atoms with Gasteiger partial charge >= 0.3 is 0 Å². The summed E-state index contributed by atoms with van der Waals surface area (Å²) in [5.41, 5.74) is 1.63. The Balaban J connectivity index is 1.68. The molecular formula is C21H24N4O4S. The van der Waals surface area contributed by atoms with Gasteiger partial charge in [0.1, 0.15) is 6.54 Å². The standard InChI is InChI=1S/C21H24N4O4S/c1-3-24(4-2)30(28,29)17-11-9-16(10-12-17)13-23-20(26)15-25-19-8-6-5-7-18(19)22-14-21(25)27/h5-12,14H,3-4,13,15H2,1-2H3,(H,23,26). The van der Waals surface area contributed by atoms with Gasteiger partial charge in [-0.05, 0) is 29.8 Å². The zero-order valence-corrected chi connectivity index (χ0v) is 17.7. The lowest BCUT2D eigenvalue weighted by atomic mass is 10.2. The first-order valence-corrected chi connectivity index (χ1v) is 11.1. The summed E-state index contributed by atoms with van der Waals surface area (Å²) in [6.45, 7) is 4.49. The maximum Gasteiger partial charge on any atom is 0.269 e. The van der Waals surface area contributed by atoms with E-state index in [1.807, 2.05) is 6.07 Å². The molecule has 0 radical (unpaired) electrons. The lowest BCUT2D eigenvalue weighted by Crippen LogP contribution is -2.32. The van der Waals surface area contributed by atoms with Gasteiger partial charge in [0.2, 0.25) is 15.9 Å². The zero-order chi connectivity index (χ0) is 21.7. The Morgan fingerprint density at radius 2 is 1.73 bits per heavy atom. The number of hydrogen-bond acceptors (Lipinski definition) is 5. The van der Waals surface area contributed by atoms with Crippen LogP contribution in [-0.2, 0) is 27.9 Å². The fourth-order valence-corrected chi connectivity index (χ4v) is 4.63. The number of rotatable bonds is 8. The molecule has 0 saturated heterocycles. The third-order valence-corrected chi connectivity index (χ3v) is 6.87. The van der Waals surface area contributed by atoms with Crippen LogP contribution in [0.25, 0.3) is 11.0 Å². The Labute approximate surface area is 175 Å². The molecule has 2 aromatic carbocycles. The summed E-state index contributed by atoms with van der Waals surface area (Å²) in [4.78, 5) is 28.8. The first-order chi connectivity index (χ1) is 14.4. The van der Waals surface area contributed by atoms with Gasteiger partial charge in [-0.3, -0.25) is 14.2 Å². The van der Waals surface area contributed by atoms with Crippen molar-refractivity contribution >= 4 is 27.0 Å². The molecule has 1 amide bonds. The van der Waals surface area contributed by atoms with Crippen molar-refractivity contribution in [1.29, 1.82) is 0 Å². The van der Waals surface area contributed by atoms with Crippen LogP contribution in [0.2, 0.25) is 0 Å². The molecule has 3 rings (SSSR count). The van der Waals surface area contributed by atoms with Crippen LogP contribution < -0.4 is 10.9 Å². The molecule has 0 bridgehead atoms. The van der Waals surface area contributed by atoms with Crippen LogP contribution >= 0.6 is 0 Å². The number of carbonyl (C=O) groups excluding carboxylic acids is 1. The molecule has 1 N–H and O–H groups in total. The molecule has 158 valence electrons. The molecule has 30 heavy (non-hydrogen) atoms. The second-order valence-electron chi connectivity index (χ2n) is 6.68. The number of nitrogens with zero attached hydrogens (tertiary/aromatic N) is 3. The lowest BCUT2D eigenvalue weighted by Gasteiger charge is -2.18. The van der Waals surface area contributed by atoms with Gasteiger partial charge in [0.05, 0.1) is 22.1 Å². The van der Waals surface area contributed by atoms with E-state index in [9.17, 15) is 18.0 Å². The molecule has 9 heteroatoms. The average Bonchev–Trinajstić information content (AvgIpc) is 2.75. The number of nitrogens with one attached hydrogen (secondary N) is 1. The number of sulfonamides is 1. The second kappa shape index (κ2) is 9.19. The molecule has 8 nitrogen and oxygen atoms in total. The predicted molar refractivity (Wildman–Crippen MR) is 114 cm³/mol. The minimum absolute atomic E-state index is 0.129. The van der Waals surface area contributed by atoms with E-state index in [0.29, 0.717) is 24.1 Å². The first-order valence-electron chi connectivity index (χ1n) is 9.67. The van der Waals surface area contributed by atoms with Crippen LogP contribution in [0.3, 0.4) is 0 Å². The Hall–Kier alpha value is -3.04. The second-order valence-corrected chi connectivity index (χ2v) is 8.62. The molecule has 0 fully saturated rings. The summed E-state index contributed by atoms with van der Waals surface area (Å²) in [5.74, 6) is -0.326. The number of fused-ring (bicyclic) bond motifs is 1. The van der Waals surface area contributed by atoms with Crippen LogP contribution in [0.1, 0.15) is 19.4 Å². The van der Waals surface area contributed by atoms with E-state index in [-0.39, 0.29) is 29.5 Å². The van der Waals surface area contributed by atoms with Crippen LogP contribution in [0, 0.1) is 0 Å². The zero-order valence-electron chi connectivity index (χ0n) is 16.9. The van der Waals surface area contributed by atoms with E-state index in [4.69, 9.17) is 0 Å². The highest BCUT2D eigenvalue weighted by Crippen LogP contribution is 2.16. The van der Waals surface area contributed by atoms with Crippen molar-refractivity contribution < 1.29 is 13.2 Å². The maximum atomic E-state index is 12.5. The number of benzene rings is 2. The van der Waals surface area contributed by atoms with Crippen LogP contribution in [0.4, 0.5) is 0 Å². The minimum atomic E-state index is -3.51. The van der Waals surface area contributed by atoms with Crippen molar-refractivity contribution in [3.05, 3.63) is 70.6 Å². The number of para-hydroxylation sites is 2. The van der Waals surface area contributed by atoms with Crippen molar-refractivity contribution in [3.63, 3.8) is 0 Å². The summed E-state index contributed by atoms with van der Waals surface area (Å²) in [6.07, 6.45) is 1.20. The van der Waals surface area contributed by atoms with Crippen molar-refractivity contribution in [3.8, 4) is 0 Å². The Kier molecular flexibility index (Phi) is 6.63. The topological polar surface area (TPSA) is 101 Å². The highest BCUT2D eigenvalue weighted by molar-refractivity contribution is 7.89. The third-order valence-electron chi connectivity index (χ3n) is 4.81. The fourth-order valence-electron chi connectivity index (χ4n) is 3.17. The van der Waals surface area contributed by atoms with E-state index in [2.05, 4.69) is 10.3 Å². The third kappa shape index (κ3) is 4.58. The number of hydrogen-bond donors (Lipinski definition) is 1. The largest absolute Gasteiger partial charge is 0.350 e. The van der Waals surface area contributed by atoms with E-state index in [1.54, 1.807) is 44.2 Å². The SMILES string of the molecule is CCN(CC)S(=O)(=O)c1ccc(CNC(=O)Cn2c(=O)cnc3ccccc32)cc1. The van der Waals surface area contributed by atoms with Crippen molar-refractivity contribution in [1.82, 2.24) is 19.2 Å². The summed E-state index contributed by atoms with van der Waals surface area (Å²) in [5, 5.41) is 2.76. The highest BCUT2D eigenvalue weighted by Gasteiger charge is 2.21. The Morgan fingerprint density at radius 1 is 1.07 bits per heavy atom. The van der Waals surface area contributed by atoms with Gasteiger partial charge in [0.25, 0.3) is 5.56 Å². The monoisotopic (exact) mass is 428 g/mol. The van der Waals surface area contributed by atoms with Gasteiger partial charge in [-0.2, -0.15) is 4.31 Å². The quantitative estimate of drug-likeness (QED) is 0.589. The van der Waals surface area contributed by atoms with Gasteiger partial charge in [-0.25, -0.2) is 13.4 Å². The van der Waals surface area contributed by atoms with Gasteiger partial charge in [-0.1, -0.05) is 38.1 Å². The number of amides is 1. The van der Waals surface area contributed by atoms with Gasteiger partial charge in [0, 0.05) is 19.6 Å². The van der Waals surface area contributed by atoms with Crippen LogP contribution in [0.5, 0.6) is 0 Å². The first kappa shape index (κ1) is 21.7. The minimum Gasteiger partial charge on any atom is -0.350 e. The fraction of sp³-hybridized carbons (Fsp3) is 0.286. The van der Waals surface area contributed by atoms with Crippen molar-refractivity contribution in [2.75, 3.05) is 13.1 Å². The molecule has 0 unspecified atom stereocenters. The molecule has 0 aliphatic rings. The normalized spacial score (nSPS) is 11.7.